The van der Waals surface area contributed by atoms with Gasteiger partial charge in [-0.15, -0.1) is 0 Å². The zero-order valence-corrected chi connectivity index (χ0v) is 15.5. The summed E-state index contributed by atoms with van der Waals surface area (Å²) in [6.07, 6.45) is 0. The van der Waals surface area contributed by atoms with Crippen molar-refractivity contribution in [1.29, 1.82) is 0 Å². The first kappa shape index (κ1) is 17.2. The van der Waals surface area contributed by atoms with Crippen LogP contribution in [-0.4, -0.2) is 48.9 Å². The highest BCUT2D eigenvalue weighted by molar-refractivity contribution is 6.14. The normalized spacial score (nSPS) is 32.4. The van der Waals surface area contributed by atoms with E-state index in [4.69, 9.17) is 4.74 Å². The number of aryl methyl sites for hydroxylation is 2. The summed E-state index contributed by atoms with van der Waals surface area (Å²) in [4.78, 5) is 40.5. The molecule has 1 aromatic carbocycles. The summed E-state index contributed by atoms with van der Waals surface area (Å²) in [6.45, 7) is 6.37. The van der Waals surface area contributed by atoms with Crippen LogP contribution in [0.15, 0.2) is 12.1 Å². The molecule has 3 heterocycles. The molecule has 0 aromatic heterocycles. The number of benzene rings is 1. The molecule has 0 unspecified atom stereocenters. The number of nitrogens with zero attached hydrogens (tertiary/aromatic N) is 1. The number of likely N-dealkylation sites (tertiary alicyclic amines) is 1. The fraction of sp³-hybridized carbons (Fsp3) is 0.526. The summed E-state index contributed by atoms with van der Waals surface area (Å²) >= 11 is 0. The second-order valence-corrected chi connectivity index (χ2v) is 7.68. The maximum atomic E-state index is 13.2. The van der Waals surface area contributed by atoms with Gasteiger partial charge in [0.2, 0.25) is 17.4 Å². The highest BCUT2D eigenvalue weighted by Gasteiger charge is 2.73. The third-order valence-electron chi connectivity index (χ3n) is 6.08. The van der Waals surface area contributed by atoms with Gasteiger partial charge in [-0.3, -0.25) is 19.3 Å². The molecule has 0 bridgehead atoms. The third kappa shape index (κ3) is 1.98. The lowest BCUT2D eigenvalue weighted by molar-refractivity contribution is -0.730. The predicted octanol–water partition coefficient (Wildman–Crippen LogP) is -0.336. The SMILES string of the molecule is COCCN1C(=O)[C@H]2[C@@H](C1=O)[C@@]1([NH2+][C@@H]2C)C(=O)Nc2c(C)cc(C)cc21. The summed E-state index contributed by atoms with van der Waals surface area (Å²) < 4.78 is 5.04. The number of nitrogens with two attached hydrogens (primary N) is 1. The fourth-order valence-corrected chi connectivity index (χ4v) is 5.06. The Morgan fingerprint density at radius 3 is 2.65 bits per heavy atom. The Kier molecular flexibility index (Phi) is 3.71. The van der Waals surface area contributed by atoms with Crippen LogP contribution in [0.3, 0.4) is 0 Å². The van der Waals surface area contributed by atoms with Crippen LogP contribution >= 0.6 is 0 Å². The van der Waals surface area contributed by atoms with Gasteiger partial charge in [-0.25, -0.2) is 0 Å². The number of rotatable bonds is 3. The van der Waals surface area contributed by atoms with Crippen LogP contribution in [0.2, 0.25) is 0 Å². The van der Waals surface area contributed by atoms with Crippen molar-refractivity contribution < 1.29 is 24.4 Å². The Hall–Kier alpha value is -2.25. The topological polar surface area (TPSA) is 92.3 Å². The van der Waals surface area contributed by atoms with Gasteiger partial charge in [0.25, 0.3) is 5.91 Å². The Labute approximate surface area is 152 Å². The number of quaternary nitrogens is 1. The van der Waals surface area contributed by atoms with Crippen LogP contribution in [0.1, 0.15) is 23.6 Å². The van der Waals surface area contributed by atoms with Crippen molar-refractivity contribution >= 4 is 23.4 Å². The van der Waals surface area contributed by atoms with Crippen LogP contribution in [-0.2, 0) is 24.7 Å². The molecule has 4 rings (SSSR count). The van der Waals surface area contributed by atoms with Crippen molar-refractivity contribution in [3.63, 3.8) is 0 Å². The molecule has 3 aliphatic rings. The van der Waals surface area contributed by atoms with Gasteiger partial charge >= 0.3 is 0 Å². The van der Waals surface area contributed by atoms with Gasteiger partial charge < -0.3 is 15.4 Å². The summed E-state index contributed by atoms with van der Waals surface area (Å²) in [7, 11) is 1.54. The predicted molar refractivity (Wildman–Crippen MR) is 93.2 cm³/mol. The number of ether oxygens (including phenoxy) is 1. The second-order valence-electron chi connectivity index (χ2n) is 7.68. The van der Waals surface area contributed by atoms with Crippen LogP contribution in [0.4, 0.5) is 5.69 Å². The molecule has 3 N–H and O–H groups in total. The molecular weight excluding hydrogens is 334 g/mol. The van der Waals surface area contributed by atoms with Gasteiger partial charge in [0.05, 0.1) is 24.9 Å². The number of amides is 3. The lowest BCUT2D eigenvalue weighted by atomic mass is 9.76. The smallest absolute Gasteiger partial charge is 0.291 e. The van der Waals surface area contributed by atoms with Crippen molar-refractivity contribution in [2.45, 2.75) is 32.4 Å². The molecule has 3 amide bonds. The van der Waals surface area contributed by atoms with E-state index < -0.39 is 17.4 Å². The standard InChI is InChI=1S/C19H23N3O4/c1-9-7-10(2)15-12(8-9)19(18(25)20-15)14-13(11(3)21-19)16(23)22(17(14)24)5-6-26-4/h7-8,11,13-14,21H,5-6H2,1-4H3,(H,20,25)/p+1/t11-,13-,14+,19-/m1/s1. The minimum Gasteiger partial charge on any atom is -0.383 e. The third-order valence-corrected chi connectivity index (χ3v) is 6.08. The number of anilines is 1. The molecular formula is C19H24N3O4+. The van der Waals surface area contributed by atoms with E-state index in [9.17, 15) is 14.4 Å². The van der Waals surface area contributed by atoms with E-state index in [0.717, 1.165) is 22.4 Å². The number of fused-ring (bicyclic) bond motifs is 4. The number of imide groups is 1. The highest BCUT2D eigenvalue weighted by atomic mass is 16.5. The fourth-order valence-electron chi connectivity index (χ4n) is 5.06. The van der Waals surface area contributed by atoms with E-state index >= 15 is 0 Å². The quantitative estimate of drug-likeness (QED) is 0.724. The molecule has 2 saturated heterocycles. The molecule has 4 atom stereocenters. The summed E-state index contributed by atoms with van der Waals surface area (Å²) in [5, 5.41) is 4.90. The lowest BCUT2D eigenvalue weighted by Gasteiger charge is -2.26. The number of carbonyl (C=O) groups excluding carboxylic acids is 3. The first-order valence-electron chi connectivity index (χ1n) is 8.96. The van der Waals surface area contributed by atoms with Gasteiger partial charge in [0.1, 0.15) is 11.8 Å². The lowest BCUT2D eigenvalue weighted by Crippen LogP contribution is -2.98. The van der Waals surface area contributed by atoms with E-state index in [1.54, 1.807) is 0 Å². The van der Waals surface area contributed by atoms with Crippen molar-refractivity contribution in [3.05, 3.63) is 28.8 Å². The average molecular weight is 358 g/mol. The van der Waals surface area contributed by atoms with Gasteiger partial charge in [0.15, 0.2) is 0 Å². The minimum atomic E-state index is -1.06. The van der Waals surface area contributed by atoms with Gasteiger partial charge in [0, 0.05) is 12.7 Å². The van der Waals surface area contributed by atoms with Crippen LogP contribution in [0.5, 0.6) is 0 Å². The van der Waals surface area contributed by atoms with Gasteiger partial charge in [-0.05, 0) is 32.4 Å². The minimum absolute atomic E-state index is 0.151. The Bertz CT molecular complexity index is 836. The molecule has 0 saturated carbocycles. The van der Waals surface area contributed by atoms with E-state index in [1.807, 2.05) is 38.2 Å². The maximum Gasteiger partial charge on any atom is 0.291 e. The first-order chi connectivity index (χ1) is 12.3. The molecule has 0 radical (unpaired) electrons. The number of nitrogens with one attached hydrogen (secondary N) is 1. The first-order valence-corrected chi connectivity index (χ1v) is 8.96. The molecule has 7 heteroatoms. The number of methoxy groups -OCH3 is 1. The van der Waals surface area contributed by atoms with Gasteiger partial charge in [-0.2, -0.15) is 0 Å². The molecule has 138 valence electrons. The zero-order chi connectivity index (χ0) is 18.8. The second kappa shape index (κ2) is 5.62. The van der Waals surface area contributed by atoms with Crippen molar-refractivity contribution in [2.75, 3.05) is 25.6 Å². The molecule has 7 nitrogen and oxygen atoms in total. The summed E-state index contributed by atoms with van der Waals surface area (Å²) in [5.74, 6) is -1.82. The van der Waals surface area contributed by atoms with E-state index in [1.165, 1.54) is 12.0 Å². The van der Waals surface area contributed by atoms with E-state index in [-0.39, 0.29) is 30.3 Å². The van der Waals surface area contributed by atoms with Crippen molar-refractivity contribution in [1.82, 2.24) is 4.90 Å². The van der Waals surface area contributed by atoms with Crippen LogP contribution in [0, 0.1) is 25.7 Å². The summed E-state index contributed by atoms with van der Waals surface area (Å²) in [5.41, 5.74) is 2.55. The Morgan fingerprint density at radius 1 is 1.23 bits per heavy atom. The molecule has 3 aliphatic heterocycles. The molecule has 1 spiro atoms. The van der Waals surface area contributed by atoms with E-state index in [0.29, 0.717) is 6.61 Å². The molecule has 1 aromatic rings. The molecule has 0 aliphatic carbocycles. The number of hydrogen-bond donors (Lipinski definition) is 2. The van der Waals surface area contributed by atoms with Crippen LogP contribution < -0.4 is 10.6 Å². The summed E-state index contributed by atoms with van der Waals surface area (Å²) in [6, 6.07) is 3.84. The number of hydrogen-bond acceptors (Lipinski definition) is 4. The Morgan fingerprint density at radius 2 is 1.96 bits per heavy atom. The number of carbonyl (C=O) groups is 3. The zero-order valence-electron chi connectivity index (χ0n) is 15.5. The van der Waals surface area contributed by atoms with Crippen LogP contribution in [0.25, 0.3) is 0 Å². The van der Waals surface area contributed by atoms with Crippen molar-refractivity contribution in [2.24, 2.45) is 11.8 Å². The maximum absolute atomic E-state index is 13.2. The average Bonchev–Trinajstić information content (AvgIpc) is 3.13. The molecule has 2 fully saturated rings. The van der Waals surface area contributed by atoms with E-state index in [2.05, 4.69) is 5.32 Å². The molecule has 26 heavy (non-hydrogen) atoms. The largest absolute Gasteiger partial charge is 0.383 e. The monoisotopic (exact) mass is 358 g/mol. The Balaban J connectivity index is 1.86. The van der Waals surface area contributed by atoms with Crippen molar-refractivity contribution in [3.8, 4) is 0 Å². The van der Waals surface area contributed by atoms with Gasteiger partial charge in [-0.1, -0.05) is 11.6 Å². The highest BCUT2D eigenvalue weighted by Crippen LogP contribution is 2.49.